The van der Waals surface area contributed by atoms with Gasteiger partial charge in [-0.3, -0.25) is 0 Å². The first kappa shape index (κ1) is 9.46. The molecule has 0 bridgehead atoms. The van der Waals surface area contributed by atoms with Crippen LogP contribution in [0.4, 0.5) is 10.1 Å². The number of hydrogen-bond acceptors (Lipinski definition) is 2. The Hall–Kier alpha value is -1.09. The molecule has 0 aliphatic carbocycles. The van der Waals surface area contributed by atoms with Crippen molar-refractivity contribution in [2.75, 3.05) is 18.4 Å². The fourth-order valence-electron chi connectivity index (χ4n) is 1.92. The van der Waals surface area contributed by atoms with E-state index in [0.717, 1.165) is 30.8 Å². The zero-order chi connectivity index (χ0) is 9.97. The maximum atomic E-state index is 13.4. The van der Waals surface area contributed by atoms with E-state index in [1.54, 1.807) is 6.07 Å². The van der Waals surface area contributed by atoms with E-state index in [2.05, 4.69) is 17.6 Å². The molecule has 1 unspecified atom stereocenters. The molecule has 1 aliphatic rings. The van der Waals surface area contributed by atoms with E-state index < -0.39 is 0 Å². The Balaban J connectivity index is 2.20. The molecule has 1 aliphatic heterocycles. The zero-order valence-electron chi connectivity index (χ0n) is 8.31. The van der Waals surface area contributed by atoms with E-state index in [0.29, 0.717) is 6.04 Å². The molecule has 0 radical (unpaired) electrons. The van der Waals surface area contributed by atoms with Gasteiger partial charge in [0.1, 0.15) is 5.82 Å². The first-order chi connectivity index (χ1) is 6.81. The topological polar surface area (TPSA) is 24.1 Å². The summed E-state index contributed by atoms with van der Waals surface area (Å²) in [5, 5.41) is 6.56. The van der Waals surface area contributed by atoms with Crippen LogP contribution < -0.4 is 10.6 Å². The Labute approximate surface area is 83.5 Å². The van der Waals surface area contributed by atoms with Crippen LogP contribution in [-0.2, 0) is 6.42 Å². The molecule has 3 heteroatoms. The number of nitrogens with one attached hydrogen (secondary N) is 2. The van der Waals surface area contributed by atoms with Crippen molar-refractivity contribution in [1.82, 2.24) is 5.32 Å². The number of hydrogen-bond donors (Lipinski definition) is 2. The molecule has 2 N–H and O–H groups in total. The smallest absolute Gasteiger partial charge is 0.128 e. The Morgan fingerprint density at radius 1 is 1.57 bits per heavy atom. The highest BCUT2D eigenvalue weighted by atomic mass is 19.1. The zero-order valence-corrected chi connectivity index (χ0v) is 8.31. The molecule has 0 saturated carbocycles. The van der Waals surface area contributed by atoms with Gasteiger partial charge in [0.25, 0.3) is 0 Å². The fraction of sp³-hybridized carbons (Fsp3) is 0.455. The van der Waals surface area contributed by atoms with Crippen LogP contribution in [0.15, 0.2) is 18.2 Å². The van der Waals surface area contributed by atoms with Gasteiger partial charge in [-0.2, -0.15) is 0 Å². The average molecular weight is 194 g/mol. The van der Waals surface area contributed by atoms with Gasteiger partial charge in [0.05, 0.1) is 0 Å². The van der Waals surface area contributed by atoms with E-state index in [1.165, 1.54) is 6.07 Å². The molecule has 1 atom stereocenters. The average Bonchev–Trinajstić information content (AvgIpc) is 2.20. The van der Waals surface area contributed by atoms with Gasteiger partial charge in [-0.15, -0.1) is 0 Å². The number of rotatable bonds is 2. The molecule has 2 nitrogen and oxygen atoms in total. The van der Waals surface area contributed by atoms with Crippen molar-refractivity contribution < 1.29 is 4.39 Å². The number of halogens is 1. The van der Waals surface area contributed by atoms with Crippen LogP contribution in [0.25, 0.3) is 0 Å². The minimum Gasteiger partial charge on any atom is -0.383 e. The molecule has 1 aromatic carbocycles. The van der Waals surface area contributed by atoms with Crippen LogP contribution in [-0.4, -0.2) is 19.1 Å². The SMILES string of the molecule is CCNC1CNc2cccc(F)c2C1. The molecule has 76 valence electrons. The van der Waals surface area contributed by atoms with Crippen molar-refractivity contribution in [2.45, 2.75) is 19.4 Å². The summed E-state index contributed by atoms with van der Waals surface area (Å²) < 4.78 is 13.4. The Morgan fingerprint density at radius 2 is 2.43 bits per heavy atom. The van der Waals surface area contributed by atoms with E-state index in [9.17, 15) is 4.39 Å². The third-order valence-electron chi connectivity index (χ3n) is 2.60. The lowest BCUT2D eigenvalue weighted by Gasteiger charge is -2.26. The van der Waals surface area contributed by atoms with Crippen LogP contribution in [0.1, 0.15) is 12.5 Å². The van der Waals surface area contributed by atoms with Crippen molar-refractivity contribution >= 4 is 5.69 Å². The lowest BCUT2D eigenvalue weighted by Crippen LogP contribution is -2.40. The van der Waals surface area contributed by atoms with Crippen molar-refractivity contribution in [3.8, 4) is 0 Å². The largest absolute Gasteiger partial charge is 0.383 e. The molecule has 0 spiro atoms. The first-order valence-electron chi connectivity index (χ1n) is 5.06. The van der Waals surface area contributed by atoms with Gasteiger partial charge >= 0.3 is 0 Å². The first-order valence-corrected chi connectivity index (χ1v) is 5.06. The lowest BCUT2D eigenvalue weighted by molar-refractivity contribution is 0.513. The second-order valence-corrected chi connectivity index (χ2v) is 3.61. The molecule has 2 rings (SSSR count). The highest BCUT2D eigenvalue weighted by Crippen LogP contribution is 2.24. The minimum absolute atomic E-state index is 0.0994. The number of likely N-dealkylation sites (N-methyl/N-ethyl adjacent to an activating group) is 1. The summed E-state index contributed by atoms with van der Waals surface area (Å²) in [5.74, 6) is -0.0994. The highest BCUT2D eigenvalue weighted by molar-refractivity contribution is 5.54. The molecule has 0 saturated heterocycles. The molecular weight excluding hydrogens is 179 g/mol. The van der Waals surface area contributed by atoms with Crippen LogP contribution in [0, 0.1) is 5.82 Å². The van der Waals surface area contributed by atoms with E-state index in [1.807, 2.05) is 6.07 Å². The second kappa shape index (κ2) is 3.96. The number of fused-ring (bicyclic) bond motifs is 1. The standard InChI is InChI=1S/C11H15FN2/c1-2-13-8-6-9-10(12)4-3-5-11(9)14-7-8/h3-5,8,13-14H,2,6-7H2,1H3. The molecule has 1 heterocycles. The summed E-state index contributed by atoms with van der Waals surface area (Å²) in [6.07, 6.45) is 0.781. The summed E-state index contributed by atoms with van der Waals surface area (Å²) in [4.78, 5) is 0. The predicted octanol–water partition coefficient (Wildman–Crippen LogP) is 1.77. The Morgan fingerprint density at radius 3 is 3.21 bits per heavy atom. The van der Waals surface area contributed by atoms with Crippen LogP contribution in [0.3, 0.4) is 0 Å². The molecule has 0 fully saturated rings. The highest BCUT2D eigenvalue weighted by Gasteiger charge is 2.19. The maximum Gasteiger partial charge on any atom is 0.128 e. The van der Waals surface area contributed by atoms with Crippen molar-refractivity contribution in [3.05, 3.63) is 29.6 Å². The van der Waals surface area contributed by atoms with Gasteiger partial charge in [-0.25, -0.2) is 4.39 Å². The monoisotopic (exact) mass is 194 g/mol. The number of benzene rings is 1. The normalized spacial score (nSPS) is 20.0. The Kier molecular flexibility index (Phi) is 2.68. The molecule has 0 amide bonds. The van der Waals surface area contributed by atoms with Gasteiger partial charge in [0.2, 0.25) is 0 Å². The van der Waals surface area contributed by atoms with E-state index >= 15 is 0 Å². The van der Waals surface area contributed by atoms with Gasteiger partial charge in [0.15, 0.2) is 0 Å². The molecular formula is C11H15FN2. The summed E-state index contributed by atoms with van der Waals surface area (Å²) in [6, 6.07) is 5.55. The van der Waals surface area contributed by atoms with Gasteiger partial charge in [0, 0.05) is 23.8 Å². The van der Waals surface area contributed by atoms with Crippen LogP contribution in [0.2, 0.25) is 0 Å². The Bertz CT molecular complexity index is 325. The van der Waals surface area contributed by atoms with Gasteiger partial charge in [-0.05, 0) is 25.1 Å². The van der Waals surface area contributed by atoms with E-state index in [4.69, 9.17) is 0 Å². The summed E-state index contributed by atoms with van der Waals surface area (Å²) in [5.41, 5.74) is 1.75. The third-order valence-corrected chi connectivity index (χ3v) is 2.60. The maximum absolute atomic E-state index is 13.4. The molecule has 0 aromatic heterocycles. The lowest BCUT2D eigenvalue weighted by atomic mass is 9.99. The summed E-state index contributed by atoms with van der Waals surface area (Å²) in [7, 11) is 0. The predicted molar refractivity (Wildman–Crippen MR) is 56.1 cm³/mol. The summed E-state index contributed by atoms with van der Waals surface area (Å²) >= 11 is 0. The molecule has 14 heavy (non-hydrogen) atoms. The third kappa shape index (κ3) is 1.73. The van der Waals surface area contributed by atoms with Crippen LogP contribution in [0.5, 0.6) is 0 Å². The van der Waals surface area contributed by atoms with Gasteiger partial charge < -0.3 is 10.6 Å². The molecule has 1 aromatic rings. The fourth-order valence-corrected chi connectivity index (χ4v) is 1.92. The van der Waals surface area contributed by atoms with Crippen LogP contribution >= 0.6 is 0 Å². The van der Waals surface area contributed by atoms with E-state index in [-0.39, 0.29) is 5.82 Å². The minimum atomic E-state index is -0.0994. The van der Waals surface area contributed by atoms with Crippen molar-refractivity contribution in [3.63, 3.8) is 0 Å². The van der Waals surface area contributed by atoms with Crippen molar-refractivity contribution in [2.24, 2.45) is 0 Å². The number of anilines is 1. The van der Waals surface area contributed by atoms with Gasteiger partial charge in [-0.1, -0.05) is 13.0 Å². The summed E-state index contributed by atoms with van der Waals surface area (Å²) in [6.45, 7) is 3.87. The van der Waals surface area contributed by atoms with Crippen molar-refractivity contribution in [1.29, 1.82) is 0 Å². The quantitative estimate of drug-likeness (QED) is 0.749. The second-order valence-electron chi connectivity index (χ2n) is 3.61.